The van der Waals surface area contributed by atoms with E-state index in [9.17, 15) is 27.5 Å². The number of fused-ring (bicyclic) bond motifs is 2. The van der Waals surface area contributed by atoms with Crippen molar-refractivity contribution in [2.45, 2.75) is 12.0 Å². The number of likely N-dealkylation sites (tertiary alicyclic amines) is 2. The number of benzene rings is 3. The van der Waals surface area contributed by atoms with E-state index in [1.165, 1.54) is 0 Å². The van der Waals surface area contributed by atoms with E-state index in [0.29, 0.717) is 24.2 Å². The molecule has 10 heteroatoms. The highest BCUT2D eigenvalue weighted by Crippen LogP contribution is 2.45. The molecule has 2 aliphatic rings. The number of hydrogen-bond donors (Lipinski definition) is 3. The molecule has 3 aromatic carbocycles. The van der Waals surface area contributed by atoms with Crippen LogP contribution in [0, 0.1) is 35.1 Å². The number of carbonyl (C=O) groups excluding carboxylic acids is 1. The zero-order valence-electron chi connectivity index (χ0n) is 21.4. The molecule has 1 unspecified atom stereocenters. The van der Waals surface area contributed by atoms with Gasteiger partial charge in [-0.1, -0.05) is 24.3 Å². The fourth-order valence-electron chi connectivity index (χ4n) is 5.98. The van der Waals surface area contributed by atoms with Gasteiger partial charge in [-0.05, 0) is 61.0 Å². The Morgan fingerprint density at radius 1 is 0.949 bits per heavy atom. The van der Waals surface area contributed by atoms with Gasteiger partial charge in [-0.3, -0.25) is 0 Å². The summed E-state index contributed by atoms with van der Waals surface area (Å²) in [6, 6.07) is 11.4. The summed E-state index contributed by atoms with van der Waals surface area (Å²) in [7, 11) is 1.94. The van der Waals surface area contributed by atoms with Crippen LogP contribution < -0.4 is 11.1 Å². The van der Waals surface area contributed by atoms with Gasteiger partial charge in [0.25, 0.3) is 0 Å². The van der Waals surface area contributed by atoms with E-state index in [2.05, 4.69) is 10.2 Å². The van der Waals surface area contributed by atoms with Gasteiger partial charge in [0.15, 0.2) is 0 Å². The van der Waals surface area contributed by atoms with Gasteiger partial charge >= 0.3 is 6.03 Å². The molecular formula is C29H30F4N4O2. The van der Waals surface area contributed by atoms with E-state index in [4.69, 9.17) is 5.73 Å². The molecule has 3 atom stereocenters. The Hall–Kier alpha value is -3.47. The number of nitrogens with zero attached hydrogens (tertiary/aromatic N) is 2. The fraction of sp³-hybridized carbons (Fsp3) is 0.345. The van der Waals surface area contributed by atoms with Crippen molar-refractivity contribution in [3.8, 4) is 11.1 Å². The minimum Gasteiger partial charge on any atom is -0.384 e. The third-order valence-electron chi connectivity index (χ3n) is 7.80. The van der Waals surface area contributed by atoms with Gasteiger partial charge in [0.1, 0.15) is 28.9 Å². The van der Waals surface area contributed by atoms with Crippen LogP contribution in [0.2, 0.25) is 0 Å². The van der Waals surface area contributed by atoms with E-state index >= 15 is 0 Å². The summed E-state index contributed by atoms with van der Waals surface area (Å²) in [5.41, 5.74) is 5.66. The average Bonchev–Trinajstić information content (AvgIpc) is 2.86. The molecule has 6 nitrogen and oxygen atoms in total. The Morgan fingerprint density at radius 2 is 1.56 bits per heavy atom. The Labute approximate surface area is 224 Å². The second kappa shape index (κ2) is 10.6. The summed E-state index contributed by atoms with van der Waals surface area (Å²) in [5, 5.41) is 14.6. The van der Waals surface area contributed by atoms with E-state index in [0.717, 1.165) is 30.3 Å². The molecule has 0 saturated carbocycles. The Bertz CT molecular complexity index is 1350. The van der Waals surface area contributed by atoms with Crippen LogP contribution >= 0.6 is 0 Å². The number of halogens is 4. The largest absolute Gasteiger partial charge is 0.384 e. The van der Waals surface area contributed by atoms with Gasteiger partial charge in [0.05, 0.1) is 0 Å². The van der Waals surface area contributed by atoms with Gasteiger partial charge in [-0.2, -0.15) is 0 Å². The molecule has 0 aliphatic carbocycles. The minimum atomic E-state index is -1.26. The number of urea groups is 1. The summed E-state index contributed by atoms with van der Waals surface area (Å²) < 4.78 is 56.4. The first-order valence-electron chi connectivity index (χ1n) is 12.8. The second-order valence-electron chi connectivity index (χ2n) is 10.5. The molecule has 2 heterocycles. The lowest BCUT2D eigenvalue weighted by Gasteiger charge is -2.55. The van der Waals surface area contributed by atoms with Crippen LogP contribution in [0.5, 0.6) is 0 Å². The van der Waals surface area contributed by atoms with E-state index in [1.807, 2.05) is 7.05 Å². The number of amides is 2. The van der Waals surface area contributed by atoms with Crippen molar-refractivity contribution in [2.24, 2.45) is 17.6 Å². The lowest BCUT2D eigenvalue weighted by atomic mass is 9.66. The normalized spacial score (nSPS) is 23.1. The van der Waals surface area contributed by atoms with Crippen molar-refractivity contribution in [1.29, 1.82) is 0 Å². The maximum atomic E-state index is 14.8. The average molecular weight is 543 g/mol. The highest BCUT2D eigenvalue weighted by molar-refractivity contribution is 5.89. The van der Waals surface area contributed by atoms with Crippen molar-refractivity contribution in [3.05, 3.63) is 89.0 Å². The molecule has 2 aliphatic heterocycles. The lowest BCUT2D eigenvalue weighted by Crippen LogP contribution is -2.65. The molecule has 2 bridgehead atoms. The first-order valence-corrected chi connectivity index (χ1v) is 12.8. The van der Waals surface area contributed by atoms with Crippen LogP contribution in [0.3, 0.4) is 0 Å². The molecule has 0 spiro atoms. The Balaban J connectivity index is 1.38. The first kappa shape index (κ1) is 27.1. The quantitative estimate of drug-likeness (QED) is 0.420. The highest BCUT2D eigenvalue weighted by atomic mass is 19.1. The van der Waals surface area contributed by atoms with Crippen LogP contribution in [0.1, 0.15) is 11.1 Å². The molecule has 3 aromatic rings. The van der Waals surface area contributed by atoms with Gasteiger partial charge in [-0.25, -0.2) is 22.4 Å². The van der Waals surface area contributed by atoms with Gasteiger partial charge < -0.3 is 26.0 Å². The van der Waals surface area contributed by atoms with E-state index < -0.39 is 34.9 Å². The van der Waals surface area contributed by atoms with Crippen LogP contribution in [-0.4, -0.2) is 60.7 Å². The summed E-state index contributed by atoms with van der Waals surface area (Å²) in [4.78, 5) is 16.6. The maximum Gasteiger partial charge on any atom is 0.321 e. The van der Waals surface area contributed by atoms with Crippen LogP contribution in [0.4, 0.5) is 28.0 Å². The van der Waals surface area contributed by atoms with Crippen molar-refractivity contribution >= 4 is 11.7 Å². The van der Waals surface area contributed by atoms with Crippen molar-refractivity contribution in [2.75, 3.05) is 45.1 Å². The molecule has 2 amide bonds. The van der Waals surface area contributed by atoms with Gasteiger partial charge in [0.2, 0.25) is 0 Å². The van der Waals surface area contributed by atoms with E-state index in [-0.39, 0.29) is 54.7 Å². The predicted molar refractivity (Wildman–Crippen MR) is 140 cm³/mol. The molecule has 0 radical (unpaired) electrons. The Kier molecular flexibility index (Phi) is 7.37. The van der Waals surface area contributed by atoms with Crippen LogP contribution in [0.25, 0.3) is 11.1 Å². The minimum absolute atomic E-state index is 0.0101. The lowest BCUT2D eigenvalue weighted by molar-refractivity contribution is -0.153. The van der Waals surface area contributed by atoms with Crippen LogP contribution in [0.15, 0.2) is 54.6 Å². The smallest absolute Gasteiger partial charge is 0.321 e. The highest BCUT2D eigenvalue weighted by Gasteiger charge is 2.53. The first-order chi connectivity index (χ1) is 18.6. The standard InChI is InChI=1S/C29H30F4N4O2/c1-36-13-20-15-37(28(38)35-24-10-22(30)9-23(31)11-24)16-21(14-36)29(20,39)19-4-2-17(3-5-19)25-12-26(32)18(6-7-34)8-27(25)33/h2-5,8-12,20-21,39H,6-7,13-16,34H2,1H3,(H,35,38)/t20-,21+,29?. The van der Waals surface area contributed by atoms with E-state index in [1.54, 1.807) is 29.2 Å². The summed E-state index contributed by atoms with van der Waals surface area (Å²) in [6.45, 7) is 1.66. The van der Waals surface area contributed by atoms with Crippen molar-refractivity contribution in [1.82, 2.24) is 9.80 Å². The molecule has 2 saturated heterocycles. The number of hydrogen-bond acceptors (Lipinski definition) is 4. The number of nitrogens with two attached hydrogens (primary N) is 1. The van der Waals surface area contributed by atoms with Gasteiger partial charge in [0, 0.05) is 55.3 Å². The molecule has 4 N–H and O–H groups in total. The third kappa shape index (κ3) is 5.24. The van der Waals surface area contributed by atoms with Crippen molar-refractivity contribution < 1.29 is 27.5 Å². The Morgan fingerprint density at radius 3 is 2.15 bits per heavy atom. The molecule has 0 aromatic heterocycles. The SMILES string of the molecule is CN1C[C@@H]2CN(C(=O)Nc3cc(F)cc(F)c3)C[C@H](C1)C2(O)c1ccc(-c2cc(F)c(CCN)cc2F)cc1. The van der Waals surface area contributed by atoms with Crippen molar-refractivity contribution in [3.63, 3.8) is 0 Å². The van der Waals surface area contributed by atoms with Gasteiger partial charge in [-0.15, -0.1) is 0 Å². The number of rotatable bonds is 5. The number of piperidine rings is 2. The number of carbonyl (C=O) groups is 1. The molecular weight excluding hydrogens is 512 g/mol. The number of anilines is 1. The second-order valence-corrected chi connectivity index (χ2v) is 10.5. The summed E-state index contributed by atoms with van der Waals surface area (Å²) >= 11 is 0. The van der Waals surface area contributed by atoms with Crippen LogP contribution in [-0.2, 0) is 12.0 Å². The zero-order chi connectivity index (χ0) is 27.9. The third-order valence-corrected chi connectivity index (χ3v) is 7.80. The fourth-order valence-corrected chi connectivity index (χ4v) is 5.98. The number of aliphatic hydroxyl groups is 1. The molecule has 206 valence electrons. The summed E-state index contributed by atoms with van der Waals surface area (Å²) in [5.74, 6) is -3.39. The zero-order valence-corrected chi connectivity index (χ0v) is 21.4. The topological polar surface area (TPSA) is 81.8 Å². The molecule has 39 heavy (non-hydrogen) atoms. The molecule has 5 rings (SSSR count). The summed E-state index contributed by atoms with van der Waals surface area (Å²) in [6.07, 6.45) is 0.236. The monoisotopic (exact) mass is 542 g/mol. The maximum absolute atomic E-state index is 14.8. The predicted octanol–water partition coefficient (Wildman–Crippen LogP) is 4.32. The molecule has 2 fully saturated rings. The number of nitrogens with one attached hydrogen (secondary N) is 1.